The maximum atomic E-state index is 12.4. The lowest BCUT2D eigenvalue weighted by atomic mass is 9.94. The lowest BCUT2D eigenvalue weighted by molar-refractivity contribution is 0.178. The van der Waals surface area contributed by atoms with Crippen molar-refractivity contribution in [3.05, 3.63) is 0 Å². The maximum Gasteiger partial charge on any atom is 0.350 e. The molecule has 0 aromatic rings. The first-order valence-electron chi connectivity index (χ1n) is 5.03. The molecule has 2 unspecified atom stereocenters. The van der Waals surface area contributed by atoms with Crippen molar-refractivity contribution in [3.63, 3.8) is 0 Å². The van der Waals surface area contributed by atoms with Gasteiger partial charge in [0.2, 0.25) is 0 Å². The highest BCUT2D eigenvalue weighted by Gasteiger charge is 2.44. The number of halogens is 2. The monoisotopic (exact) mass is 240 g/mol. The van der Waals surface area contributed by atoms with Crippen LogP contribution in [0.15, 0.2) is 0 Å². The van der Waals surface area contributed by atoms with Gasteiger partial charge in [0.15, 0.2) is 0 Å². The standard InChI is InChI=1S/C8H14F2N2O2S/c9-8(10)15(13,14)12-3-1-2-6-4-11-5-7(6)12/h6-8,11H,1-5H2. The van der Waals surface area contributed by atoms with Crippen LogP contribution in [0, 0.1) is 5.92 Å². The number of nitrogens with one attached hydrogen (secondary N) is 1. The van der Waals surface area contributed by atoms with Crippen LogP contribution < -0.4 is 5.32 Å². The van der Waals surface area contributed by atoms with Crippen molar-refractivity contribution < 1.29 is 17.2 Å². The molecule has 88 valence electrons. The Morgan fingerprint density at radius 3 is 2.73 bits per heavy atom. The molecule has 0 radical (unpaired) electrons. The van der Waals surface area contributed by atoms with Gasteiger partial charge in [-0.15, -0.1) is 0 Å². The average molecular weight is 240 g/mol. The summed E-state index contributed by atoms with van der Waals surface area (Å²) in [6, 6.07) is -0.266. The highest BCUT2D eigenvalue weighted by molar-refractivity contribution is 7.89. The van der Waals surface area contributed by atoms with Gasteiger partial charge in [-0.05, 0) is 25.3 Å². The van der Waals surface area contributed by atoms with Crippen LogP contribution in [0.4, 0.5) is 8.78 Å². The molecule has 0 spiro atoms. The number of fused-ring (bicyclic) bond motifs is 1. The summed E-state index contributed by atoms with van der Waals surface area (Å²) in [5.41, 5.74) is 0. The van der Waals surface area contributed by atoms with Crippen LogP contribution in [0.3, 0.4) is 0 Å². The first-order chi connectivity index (χ1) is 7.03. The number of hydrogen-bond donors (Lipinski definition) is 1. The summed E-state index contributed by atoms with van der Waals surface area (Å²) >= 11 is 0. The van der Waals surface area contributed by atoms with Gasteiger partial charge in [0, 0.05) is 19.1 Å². The predicted molar refractivity (Wildman–Crippen MR) is 51.0 cm³/mol. The van der Waals surface area contributed by atoms with E-state index in [1.165, 1.54) is 0 Å². The summed E-state index contributed by atoms with van der Waals surface area (Å²) in [5, 5.41) is 3.05. The van der Waals surface area contributed by atoms with Gasteiger partial charge in [-0.2, -0.15) is 13.1 Å². The fourth-order valence-electron chi connectivity index (χ4n) is 2.44. The minimum Gasteiger partial charge on any atom is -0.315 e. The summed E-state index contributed by atoms with van der Waals surface area (Å²) in [6.07, 6.45) is 1.60. The van der Waals surface area contributed by atoms with Crippen molar-refractivity contribution in [1.29, 1.82) is 0 Å². The van der Waals surface area contributed by atoms with Gasteiger partial charge in [0.25, 0.3) is 10.0 Å². The molecule has 2 heterocycles. The van der Waals surface area contributed by atoms with Crippen LogP contribution in [0.2, 0.25) is 0 Å². The van der Waals surface area contributed by atoms with Crippen LogP contribution in [-0.4, -0.2) is 44.2 Å². The third-order valence-corrected chi connectivity index (χ3v) is 4.74. The van der Waals surface area contributed by atoms with Gasteiger partial charge in [0.05, 0.1) is 0 Å². The van der Waals surface area contributed by atoms with Gasteiger partial charge in [-0.3, -0.25) is 0 Å². The second kappa shape index (κ2) is 3.95. The number of alkyl halides is 2. The minimum absolute atomic E-state index is 0.201. The Balaban J connectivity index is 2.21. The molecule has 0 aromatic heterocycles. The molecule has 4 nitrogen and oxygen atoms in total. The Hall–Kier alpha value is -0.270. The van der Waals surface area contributed by atoms with Crippen LogP contribution >= 0.6 is 0 Å². The number of piperidine rings is 1. The highest BCUT2D eigenvalue weighted by Crippen LogP contribution is 2.30. The molecule has 1 N–H and O–H groups in total. The summed E-state index contributed by atoms with van der Waals surface area (Å²) in [4.78, 5) is 0. The van der Waals surface area contributed by atoms with Crippen molar-refractivity contribution in [2.24, 2.45) is 5.92 Å². The van der Waals surface area contributed by atoms with Gasteiger partial charge < -0.3 is 5.32 Å². The van der Waals surface area contributed by atoms with E-state index in [9.17, 15) is 17.2 Å². The van der Waals surface area contributed by atoms with E-state index in [0.717, 1.165) is 17.3 Å². The molecule has 15 heavy (non-hydrogen) atoms. The predicted octanol–water partition coefficient (Wildman–Crippen LogP) is 0.223. The summed E-state index contributed by atoms with van der Waals surface area (Å²) in [7, 11) is -4.39. The Labute approximate surface area is 87.7 Å². The van der Waals surface area contributed by atoms with Crippen LogP contribution in [0.1, 0.15) is 12.8 Å². The fourth-order valence-corrected chi connectivity index (χ4v) is 3.66. The fraction of sp³-hybridized carbons (Fsp3) is 1.00. The molecule has 0 saturated carbocycles. The molecule has 2 atom stereocenters. The largest absolute Gasteiger partial charge is 0.350 e. The number of sulfonamides is 1. The third-order valence-electron chi connectivity index (χ3n) is 3.18. The molecular weight excluding hydrogens is 226 g/mol. The van der Waals surface area contributed by atoms with Gasteiger partial charge in [-0.25, -0.2) is 8.42 Å². The second-order valence-corrected chi connectivity index (χ2v) is 5.90. The van der Waals surface area contributed by atoms with E-state index < -0.39 is 15.8 Å². The zero-order valence-electron chi connectivity index (χ0n) is 8.20. The number of hydrogen-bond acceptors (Lipinski definition) is 3. The summed E-state index contributed by atoms with van der Waals surface area (Å²) in [5.74, 6) is -3.09. The molecule has 0 amide bonds. The van der Waals surface area contributed by atoms with E-state index >= 15 is 0 Å². The van der Waals surface area contributed by atoms with Crippen molar-refractivity contribution in [2.75, 3.05) is 19.6 Å². The molecule has 2 aliphatic rings. The Morgan fingerprint density at radius 2 is 2.07 bits per heavy atom. The molecule has 2 fully saturated rings. The van der Waals surface area contributed by atoms with E-state index in [1.807, 2.05) is 0 Å². The Kier molecular flexibility index (Phi) is 2.96. The van der Waals surface area contributed by atoms with Gasteiger partial charge in [-0.1, -0.05) is 0 Å². The molecule has 2 saturated heterocycles. The molecule has 2 rings (SSSR count). The molecule has 0 aromatic carbocycles. The lowest BCUT2D eigenvalue weighted by Crippen LogP contribution is -2.50. The third kappa shape index (κ3) is 1.88. The molecular formula is C8H14F2N2O2S. The van der Waals surface area contributed by atoms with Crippen LogP contribution in [0.5, 0.6) is 0 Å². The maximum absolute atomic E-state index is 12.4. The van der Waals surface area contributed by atoms with E-state index in [4.69, 9.17) is 0 Å². The van der Waals surface area contributed by atoms with Crippen LogP contribution in [0.25, 0.3) is 0 Å². The van der Waals surface area contributed by atoms with Crippen LogP contribution in [-0.2, 0) is 10.0 Å². The highest BCUT2D eigenvalue weighted by atomic mass is 32.2. The Bertz CT molecular complexity index is 334. The molecule has 2 aliphatic heterocycles. The zero-order chi connectivity index (χ0) is 11.1. The normalized spacial score (nSPS) is 33.3. The minimum atomic E-state index is -4.39. The SMILES string of the molecule is O=S(=O)(C(F)F)N1CCCC2CNCC21. The average Bonchev–Trinajstić information content (AvgIpc) is 2.64. The van der Waals surface area contributed by atoms with Gasteiger partial charge >= 0.3 is 5.76 Å². The van der Waals surface area contributed by atoms with E-state index in [2.05, 4.69) is 5.32 Å². The smallest absolute Gasteiger partial charge is 0.315 e. The zero-order valence-corrected chi connectivity index (χ0v) is 9.01. The van der Waals surface area contributed by atoms with Crippen molar-refractivity contribution in [3.8, 4) is 0 Å². The quantitative estimate of drug-likeness (QED) is 0.751. The van der Waals surface area contributed by atoms with Gasteiger partial charge in [0.1, 0.15) is 0 Å². The summed E-state index contributed by atoms with van der Waals surface area (Å²) in [6.45, 7) is 1.46. The molecule has 0 aliphatic carbocycles. The first-order valence-corrected chi connectivity index (χ1v) is 6.53. The van der Waals surface area contributed by atoms with E-state index in [1.54, 1.807) is 0 Å². The number of nitrogens with zero attached hydrogens (tertiary/aromatic N) is 1. The molecule has 7 heteroatoms. The topological polar surface area (TPSA) is 49.4 Å². The van der Waals surface area contributed by atoms with Crippen molar-refractivity contribution >= 4 is 10.0 Å². The summed E-state index contributed by atoms with van der Waals surface area (Å²) < 4.78 is 48.6. The Morgan fingerprint density at radius 1 is 1.33 bits per heavy atom. The van der Waals surface area contributed by atoms with E-state index in [-0.39, 0.29) is 18.5 Å². The number of rotatable bonds is 2. The second-order valence-electron chi connectivity index (χ2n) is 4.04. The first kappa shape index (κ1) is 11.2. The van der Waals surface area contributed by atoms with E-state index in [0.29, 0.717) is 13.0 Å². The molecule has 0 bridgehead atoms. The lowest BCUT2D eigenvalue weighted by Gasteiger charge is -2.35. The van der Waals surface area contributed by atoms with Crippen molar-refractivity contribution in [2.45, 2.75) is 24.6 Å². The van der Waals surface area contributed by atoms with Crippen molar-refractivity contribution in [1.82, 2.24) is 9.62 Å².